The van der Waals surface area contributed by atoms with Crippen molar-refractivity contribution in [2.45, 2.75) is 39.2 Å². The van der Waals surface area contributed by atoms with Gasteiger partial charge in [-0.1, -0.05) is 13.0 Å². The molecule has 1 unspecified atom stereocenters. The molecule has 1 fully saturated rings. The predicted octanol–water partition coefficient (Wildman–Crippen LogP) is 2.25. The molecule has 1 aliphatic heterocycles. The lowest BCUT2D eigenvalue weighted by Crippen LogP contribution is -2.35. The van der Waals surface area contributed by atoms with Crippen molar-refractivity contribution in [2.24, 2.45) is 0 Å². The highest BCUT2D eigenvalue weighted by Crippen LogP contribution is 2.17. The van der Waals surface area contributed by atoms with Crippen molar-refractivity contribution in [2.75, 3.05) is 11.9 Å². The van der Waals surface area contributed by atoms with Crippen molar-refractivity contribution in [3.63, 3.8) is 0 Å². The Kier molecular flexibility index (Phi) is 3.79. The average Bonchev–Trinajstić information content (AvgIpc) is 2.85. The minimum Gasteiger partial charge on any atom is -0.325 e. The van der Waals surface area contributed by atoms with Gasteiger partial charge in [0.2, 0.25) is 5.91 Å². The van der Waals surface area contributed by atoms with E-state index in [1.165, 1.54) is 11.1 Å². The summed E-state index contributed by atoms with van der Waals surface area (Å²) in [5.41, 5.74) is 3.48. The SMILES string of the molecule is CCc1cc(NC(=O)C2CCCN2)ccc1C. The van der Waals surface area contributed by atoms with E-state index in [0.717, 1.165) is 31.5 Å². The van der Waals surface area contributed by atoms with E-state index in [9.17, 15) is 4.79 Å². The Morgan fingerprint density at radius 1 is 1.53 bits per heavy atom. The van der Waals surface area contributed by atoms with Crippen LogP contribution in [-0.2, 0) is 11.2 Å². The molecular weight excluding hydrogens is 212 g/mol. The molecule has 2 N–H and O–H groups in total. The highest BCUT2D eigenvalue weighted by Gasteiger charge is 2.21. The number of carbonyl (C=O) groups excluding carboxylic acids is 1. The summed E-state index contributed by atoms with van der Waals surface area (Å²) in [5, 5.41) is 6.19. The summed E-state index contributed by atoms with van der Waals surface area (Å²) in [6.45, 7) is 5.18. The van der Waals surface area contributed by atoms with E-state index >= 15 is 0 Å². The molecule has 3 heteroatoms. The number of benzene rings is 1. The van der Waals surface area contributed by atoms with Crippen molar-refractivity contribution in [3.05, 3.63) is 29.3 Å². The Morgan fingerprint density at radius 3 is 3.00 bits per heavy atom. The number of rotatable bonds is 3. The molecule has 1 aromatic rings. The van der Waals surface area contributed by atoms with E-state index in [4.69, 9.17) is 0 Å². The van der Waals surface area contributed by atoms with Gasteiger partial charge in [-0.05, 0) is 56.0 Å². The van der Waals surface area contributed by atoms with E-state index in [1.807, 2.05) is 6.07 Å². The molecule has 0 spiro atoms. The second-order valence-corrected chi connectivity index (χ2v) is 4.63. The van der Waals surface area contributed by atoms with Crippen LogP contribution in [-0.4, -0.2) is 18.5 Å². The molecule has 0 radical (unpaired) electrons. The first kappa shape index (κ1) is 12.1. The standard InChI is InChI=1S/C14H20N2O/c1-3-11-9-12(7-6-10(11)2)16-14(17)13-5-4-8-15-13/h6-7,9,13,15H,3-5,8H2,1-2H3,(H,16,17). The van der Waals surface area contributed by atoms with E-state index < -0.39 is 0 Å². The van der Waals surface area contributed by atoms with Gasteiger partial charge >= 0.3 is 0 Å². The van der Waals surface area contributed by atoms with Crippen LogP contribution in [0.1, 0.15) is 30.9 Å². The van der Waals surface area contributed by atoms with E-state index in [-0.39, 0.29) is 11.9 Å². The van der Waals surface area contributed by atoms with Crippen LogP contribution in [0.25, 0.3) is 0 Å². The first-order valence-corrected chi connectivity index (χ1v) is 6.34. The molecule has 0 aromatic heterocycles. The van der Waals surface area contributed by atoms with Crippen LogP contribution in [0.4, 0.5) is 5.69 Å². The number of amides is 1. The van der Waals surface area contributed by atoms with Gasteiger partial charge in [0.1, 0.15) is 0 Å². The zero-order valence-electron chi connectivity index (χ0n) is 10.5. The summed E-state index contributed by atoms with van der Waals surface area (Å²) in [6.07, 6.45) is 3.03. The van der Waals surface area contributed by atoms with Gasteiger partial charge in [0.15, 0.2) is 0 Å². The fourth-order valence-corrected chi connectivity index (χ4v) is 2.27. The maximum atomic E-state index is 11.9. The molecule has 1 heterocycles. The molecule has 1 saturated heterocycles. The van der Waals surface area contributed by atoms with Crippen molar-refractivity contribution in [3.8, 4) is 0 Å². The van der Waals surface area contributed by atoms with Gasteiger partial charge in [-0.15, -0.1) is 0 Å². The van der Waals surface area contributed by atoms with Gasteiger partial charge in [-0.3, -0.25) is 4.79 Å². The van der Waals surface area contributed by atoms with Crippen LogP contribution in [0.2, 0.25) is 0 Å². The zero-order chi connectivity index (χ0) is 12.3. The Morgan fingerprint density at radius 2 is 2.35 bits per heavy atom. The van der Waals surface area contributed by atoms with Crippen molar-refractivity contribution >= 4 is 11.6 Å². The van der Waals surface area contributed by atoms with Crippen molar-refractivity contribution < 1.29 is 4.79 Å². The van der Waals surface area contributed by atoms with Crippen LogP contribution in [0.15, 0.2) is 18.2 Å². The minimum absolute atomic E-state index is 0.0126. The topological polar surface area (TPSA) is 41.1 Å². The molecule has 3 nitrogen and oxygen atoms in total. The molecule has 1 amide bonds. The van der Waals surface area contributed by atoms with Gasteiger partial charge < -0.3 is 10.6 Å². The fraction of sp³-hybridized carbons (Fsp3) is 0.500. The molecule has 1 aliphatic rings. The summed E-state index contributed by atoms with van der Waals surface area (Å²) in [4.78, 5) is 11.9. The lowest BCUT2D eigenvalue weighted by atomic mass is 10.1. The number of hydrogen-bond donors (Lipinski definition) is 2. The highest BCUT2D eigenvalue weighted by molar-refractivity contribution is 5.95. The molecule has 92 valence electrons. The Balaban J connectivity index is 2.05. The monoisotopic (exact) mass is 232 g/mol. The number of anilines is 1. The second-order valence-electron chi connectivity index (χ2n) is 4.63. The van der Waals surface area contributed by atoms with Gasteiger partial charge in [-0.25, -0.2) is 0 Å². The molecule has 17 heavy (non-hydrogen) atoms. The highest BCUT2D eigenvalue weighted by atomic mass is 16.2. The quantitative estimate of drug-likeness (QED) is 0.839. The molecule has 0 bridgehead atoms. The first-order chi connectivity index (χ1) is 8.20. The molecule has 0 saturated carbocycles. The van der Waals surface area contributed by atoms with Gasteiger partial charge in [0.05, 0.1) is 6.04 Å². The third-order valence-electron chi connectivity index (χ3n) is 3.37. The molecule has 1 atom stereocenters. The Labute approximate surface area is 103 Å². The van der Waals surface area contributed by atoms with Gasteiger partial charge in [0, 0.05) is 5.69 Å². The third-order valence-corrected chi connectivity index (χ3v) is 3.37. The number of carbonyl (C=O) groups is 1. The summed E-state index contributed by atoms with van der Waals surface area (Å²) >= 11 is 0. The maximum Gasteiger partial charge on any atom is 0.241 e. The lowest BCUT2D eigenvalue weighted by molar-refractivity contribution is -0.117. The molecule has 1 aromatic carbocycles. The zero-order valence-corrected chi connectivity index (χ0v) is 10.5. The van der Waals surface area contributed by atoms with E-state index in [1.54, 1.807) is 0 Å². The lowest BCUT2D eigenvalue weighted by Gasteiger charge is -2.12. The van der Waals surface area contributed by atoms with Crippen molar-refractivity contribution in [1.82, 2.24) is 5.32 Å². The van der Waals surface area contributed by atoms with E-state index in [0.29, 0.717) is 0 Å². The van der Waals surface area contributed by atoms with Crippen LogP contribution in [0.3, 0.4) is 0 Å². The number of aryl methyl sites for hydroxylation is 2. The van der Waals surface area contributed by atoms with Crippen molar-refractivity contribution in [1.29, 1.82) is 0 Å². The van der Waals surface area contributed by atoms with Crippen LogP contribution >= 0.6 is 0 Å². The molecular formula is C14H20N2O. The summed E-state index contributed by atoms with van der Waals surface area (Å²) < 4.78 is 0. The smallest absolute Gasteiger partial charge is 0.241 e. The molecule has 0 aliphatic carbocycles. The van der Waals surface area contributed by atoms with Crippen LogP contribution < -0.4 is 10.6 Å². The minimum atomic E-state index is -0.0126. The van der Waals surface area contributed by atoms with Gasteiger partial charge in [-0.2, -0.15) is 0 Å². The summed E-state index contributed by atoms with van der Waals surface area (Å²) in [6, 6.07) is 6.10. The number of hydrogen-bond acceptors (Lipinski definition) is 2. The summed E-state index contributed by atoms with van der Waals surface area (Å²) in [5.74, 6) is 0.0911. The van der Waals surface area contributed by atoms with E-state index in [2.05, 4.69) is 36.6 Å². The second kappa shape index (κ2) is 5.32. The average molecular weight is 232 g/mol. The third kappa shape index (κ3) is 2.86. The van der Waals surface area contributed by atoms with Crippen LogP contribution in [0.5, 0.6) is 0 Å². The first-order valence-electron chi connectivity index (χ1n) is 6.34. The summed E-state index contributed by atoms with van der Waals surface area (Å²) in [7, 11) is 0. The number of nitrogens with one attached hydrogen (secondary N) is 2. The fourth-order valence-electron chi connectivity index (χ4n) is 2.27. The molecule has 2 rings (SSSR count). The largest absolute Gasteiger partial charge is 0.325 e. The normalized spacial score (nSPS) is 19.3. The van der Waals surface area contributed by atoms with Crippen LogP contribution in [0, 0.1) is 6.92 Å². The maximum absolute atomic E-state index is 11.9. The Bertz CT molecular complexity index is 409. The predicted molar refractivity (Wildman–Crippen MR) is 70.2 cm³/mol. The Hall–Kier alpha value is -1.35. The van der Waals surface area contributed by atoms with Gasteiger partial charge in [0.25, 0.3) is 0 Å².